The molecular formula is C28H39Br2FeN3O. The van der Waals surface area contributed by atoms with Gasteiger partial charge in [0, 0.05) is 0 Å². The topological polar surface area (TPSA) is 46.8 Å². The summed E-state index contributed by atoms with van der Waals surface area (Å²) in [6.45, 7) is 21.7. The number of pyridine rings is 1. The molecule has 35 heavy (non-hydrogen) atoms. The second kappa shape index (κ2) is 12.5. The van der Waals surface area contributed by atoms with E-state index in [4.69, 9.17) is 19.7 Å². The standard InChI is InChI=1S/C28H39N3O.2BrH.Fe/c1-17(2)20-13-11-14-21(18(3)4)24(20)29-19(5)22-15-12-16-23(30-22)25-31-26(27(6,7)8)28(9,10)32-25;;;/h11-18,26H,1-10H3;2*1H;/q;;;+2/p-2/t26-;;;/m0.../s1. The fourth-order valence-corrected chi connectivity index (χ4v) is 4.58. The molecule has 3 rings (SSSR count). The summed E-state index contributed by atoms with van der Waals surface area (Å²) in [7, 11) is 0. The van der Waals surface area contributed by atoms with Gasteiger partial charge in [0.25, 0.3) is 0 Å². The van der Waals surface area contributed by atoms with E-state index >= 15 is 0 Å². The van der Waals surface area contributed by atoms with Crippen LogP contribution in [0.5, 0.6) is 0 Å². The first-order chi connectivity index (χ1) is 16.2. The molecule has 1 aliphatic heterocycles. The first kappa shape index (κ1) is 30.2. The third kappa shape index (κ3) is 7.74. The van der Waals surface area contributed by atoms with Crippen molar-refractivity contribution in [1.82, 2.24) is 4.98 Å². The maximum atomic E-state index is 6.28. The fourth-order valence-electron chi connectivity index (χ4n) is 4.58. The molecule has 0 unspecified atom stereocenters. The van der Waals surface area contributed by atoms with Gasteiger partial charge >= 0.3 is 39.6 Å². The van der Waals surface area contributed by atoms with Crippen molar-refractivity contribution in [2.24, 2.45) is 15.4 Å². The number of rotatable bonds is 5. The van der Waals surface area contributed by atoms with Crippen LogP contribution in [0, 0.1) is 5.41 Å². The number of aromatic nitrogens is 1. The maximum absolute atomic E-state index is 6.28. The van der Waals surface area contributed by atoms with Crippen LogP contribution < -0.4 is 0 Å². The van der Waals surface area contributed by atoms with Gasteiger partial charge in [-0.05, 0) is 61.3 Å². The fraction of sp³-hybridized carbons (Fsp3) is 0.536. The summed E-state index contributed by atoms with van der Waals surface area (Å²) < 4.78 is 6.28. The molecule has 2 aromatic rings. The first-order valence-corrected chi connectivity index (χ1v) is 17.5. The van der Waals surface area contributed by atoms with Gasteiger partial charge < -0.3 is 4.74 Å². The molecule has 1 aliphatic rings. The second-order valence-electron chi connectivity index (χ2n) is 11.2. The Hall–Kier alpha value is -1.01. The first-order valence-electron chi connectivity index (χ1n) is 12.0. The average molecular weight is 649 g/mol. The Labute approximate surface area is 232 Å². The van der Waals surface area contributed by atoms with Crippen LogP contribution in [0.3, 0.4) is 0 Å². The van der Waals surface area contributed by atoms with Crippen molar-refractivity contribution in [2.45, 2.75) is 92.7 Å². The quantitative estimate of drug-likeness (QED) is 0.240. The van der Waals surface area contributed by atoms with E-state index < -0.39 is 0 Å². The Morgan fingerprint density at radius 3 is 1.97 bits per heavy atom. The van der Waals surface area contributed by atoms with E-state index in [2.05, 4.69) is 109 Å². The molecule has 1 atom stereocenters. The molecule has 1 aromatic heterocycles. The number of aliphatic imine (C=N–C) groups is 2. The van der Waals surface area contributed by atoms with Gasteiger partial charge in [0.05, 0.1) is 23.1 Å². The summed E-state index contributed by atoms with van der Waals surface area (Å²) in [6.07, 6.45) is 0. The Balaban J connectivity index is 0.00000137. The summed E-state index contributed by atoms with van der Waals surface area (Å²) in [6, 6.07) is 12.6. The molecule has 0 N–H and O–H groups in total. The number of ether oxygens (including phenoxy) is 1. The van der Waals surface area contributed by atoms with E-state index in [1.807, 2.05) is 25.1 Å². The third-order valence-corrected chi connectivity index (χ3v) is 6.05. The van der Waals surface area contributed by atoms with Gasteiger partial charge in [0.2, 0.25) is 5.90 Å². The Kier molecular flexibility index (Phi) is 10.8. The molecule has 0 fully saturated rings. The van der Waals surface area contributed by atoms with Crippen LogP contribution in [0.2, 0.25) is 0 Å². The number of para-hydroxylation sites is 1. The zero-order valence-electron chi connectivity index (χ0n) is 22.6. The molecule has 0 saturated carbocycles. The zero-order valence-corrected chi connectivity index (χ0v) is 26.8. The van der Waals surface area contributed by atoms with Crippen LogP contribution in [-0.4, -0.2) is 28.2 Å². The molecule has 0 spiro atoms. The molecule has 2 heterocycles. The Morgan fingerprint density at radius 1 is 1.00 bits per heavy atom. The van der Waals surface area contributed by atoms with E-state index in [0.29, 0.717) is 17.7 Å². The molecule has 7 heteroatoms. The van der Waals surface area contributed by atoms with Crippen molar-refractivity contribution in [2.75, 3.05) is 0 Å². The van der Waals surface area contributed by atoms with E-state index in [9.17, 15) is 0 Å². The summed E-state index contributed by atoms with van der Waals surface area (Å²) in [5.41, 5.74) is 5.76. The number of benzene rings is 1. The molecule has 4 nitrogen and oxygen atoms in total. The van der Waals surface area contributed by atoms with Gasteiger partial charge in [-0.3, -0.25) is 4.99 Å². The molecule has 194 valence electrons. The van der Waals surface area contributed by atoms with Gasteiger partial charge in [-0.25, -0.2) is 9.98 Å². The van der Waals surface area contributed by atoms with Gasteiger partial charge in [-0.2, -0.15) is 0 Å². The predicted octanol–water partition coefficient (Wildman–Crippen LogP) is 9.13. The second-order valence-corrected chi connectivity index (χ2v) is 16.7. The number of hydrogen-bond donors (Lipinski definition) is 0. The van der Waals surface area contributed by atoms with Crippen LogP contribution in [0.4, 0.5) is 5.69 Å². The molecule has 1 aromatic carbocycles. The van der Waals surface area contributed by atoms with E-state index in [1.54, 1.807) is 0 Å². The van der Waals surface area contributed by atoms with Gasteiger partial charge in [0.1, 0.15) is 11.3 Å². The van der Waals surface area contributed by atoms with E-state index in [0.717, 1.165) is 34.1 Å². The number of hydrogen-bond acceptors (Lipinski definition) is 4. The SMILES string of the molecule is CC(=Nc1c(C(C)C)cccc1C(C)C)c1cccc(C2=N[C@@H](C(C)(C)C)C(C)(C)O2)n1.[Br][Fe][Br]. The van der Waals surface area contributed by atoms with E-state index in [1.165, 1.54) is 11.1 Å². The molecule has 0 bridgehead atoms. The normalized spacial score (nSPS) is 17.8. The Morgan fingerprint density at radius 2 is 1.51 bits per heavy atom. The third-order valence-electron chi connectivity index (χ3n) is 6.05. The van der Waals surface area contributed by atoms with Crippen molar-refractivity contribution < 1.29 is 16.1 Å². The predicted molar refractivity (Wildman–Crippen MR) is 154 cm³/mol. The van der Waals surface area contributed by atoms with Crippen molar-refractivity contribution in [3.63, 3.8) is 0 Å². The summed E-state index contributed by atoms with van der Waals surface area (Å²) in [5.74, 6) is 1.42. The minimum atomic E-state index is -0.364. The van der Waals surface area contributed by atoms with Crippen molar-refractivity contribution in [3.8, 4) is 0 Å². The van der Waals surface area contributed by atoms with Gasteiger partial charge in [0.15, 0.2) is 0 Å². The van der Waals surface area contributed by atoms with Crippen molar-refractivity contribution in [3.05, 3.63) is 58.9 Å². The summed E-state index contributed by atoms with van der Waals surface area (Å²) in [4.78, 5) is 14.9. The molecule has 0 saturated heterocycles. The van der Waals surface area contributed by atoms with Crippen LogP contribution in [0.1, 0.15) is 104 Å². The number of halogens is 2. The van der Waals surface area contributed by atoms with Crippen LogP contribution in [0.25, 0.3) is 0 Å². The molecular weight excluding hydrogens is 610 g/mol. The average Bonchev–Trinajstić information content (AvgIpc) is 3.10. The van der Waals surface area contributed by atoms with Gasteiger partial charge in [-0.1, -0.05) is 72.7 Å². The van der Waals surface area contributed by atoms with Crippen LogP contribution >= 0.6 is 28.2 Å². The van der Waals surface area contributed by atoms with Crippen molar-refractivity contribution >= 4 is 45.5 Å². The van der Waals surface area contributed by atoms with E-state index in [-0.39, 0.29) is 17.1 Å². The number of nitrogens with zero attached hydrogens (tertiary/aromatic N) is 3. The van der Waals surface area contributed by atoms with Crippen LogP contribution in [0.15, 0.2) is 46.4 Å². The minimum absolute atomic E-state index is 0.00797. The molecule has 0 amide bonds. The Bertz CT molecular complexity index is 1050. The summed E-state index contributed by atoms with van der Waals surface area (Å²) >= 11 is 7.00. The molecule has 0 radical (unpaired) electrons. The summed E-state index contributed by atoms with van der Waals surface area (Å²) in [5, 5.41) is 0. The van der Waals surface area contributed by atoms with Crippen molar-refractivity contribution in [1.29, 1.82) is 0 Å². The zero-order chi connectivity index (χ0) is 26.6. The van der Waals surface area contributed by atoms with Crippen LogP contribution in [-0.2, 0) is 16.1 Å². The molecule has 0 aliphatic carbocycles. The monoisotopic (exact) mass is 647 g/mol. The van der Waals surface area contributed by atoms with Gasteiger partial charge in [-0.15, -0.1) is 0 Å².